The number of aliphatic hydroxyl groups excluding tert-OH is 1. The monoisotopic (exact) mass is 265 g/mol. The molecule has 0 amide bonds. The topological polar surface area (TPSA) is 69.6 Å². The van der Waals surface area contributed by atoms with Gasteiger partial charge in [0.1, 0.15) is 0 Å². The molecule has 0 aliphatic rings. The number of hydrogen-bond donors (Lipinski definition) is 3. The molecule has 0 bridgehead atoms. The van der Waals surface area contributed by atoms with Crippen molar-refractivity contribution in [1.29, 1.82) is 0 Å². The average Bonchev–Trinajstić information content (AvgIpc) is 2.34. The molecule has 0 saturated heterocycles. The summed E-state index contributed by atoms with van der Waals surface area (Å²) in [4.78, 5) is 10.5. The standard InChI is InChI=1S/C15H23NO3/c1-10(16-9-13(17)18)14(19)11-5-7-12(8-6-11)15(2,3)4/h5-8,10,14,16,19H,9H2,1-4H3,(H,17,18). The highest BCUT2D eigenvalue weighted by molar-refractivity contribution is 5.69. The van der Waals surface area contributed by atoms with E-state index >= 15 is 0 Å². The molecule has 0 fully saturated rings. The summed E-state index contributed by atoms with van der Waals surface area (Å²) in [5.41, 5.74) is 2.07. The summed E-state index contributed by atoms with van der Waals surface area (Å²) < 4.78 is 0. The van der Waals surface area contributed by atoms with Gasteiger partial charge < -0.3 is 15.5 Å². The molecule has 1 aromatic rings. The number of benzene rings is 1. The van der Waals surface area contributed by atoms with E-state index in [1.54, 1.807) is 6.92 Å². The second kappa shape index (κ2) is 6.17. The van der Waals surface area contributed by atoms with Gasteiger partial charge in [0.25, 0.3) is 0 Å². The first-order chi connectivity index (χ1) is 8.71. The van der Waals surface area contributed by atoms with Crippen LogP contribution in [0.5, 0.6) is 0 Å². The predicted octanol–water partition coefficient (Wildman–Crippen LogP) is 2.08. The Balaban J connectivity index is 2.72. The summed E-state index contributed by atoms with van der Waals surface area (Å²) >= 11 is 0. The van der Waals surface area contributed by atoms with Crippen molar-refractivity contribution in [3.63, 3.8) is 0 Å². The third kappa shape index (κ3) is 4.65. The lowest BCUT2D eigenvalue weighted by atomic mass is 9.86. The van der Waals surface area contributed by atoms with Crippen LogP contribution >= 0.6 is 0 Å². The van der Waals surface area contributed by atoms with E-state index in [1.807, 2.05) is 24.3 Å². The number of carboxylic acid groups (broad SMARTS) is 1. The third-order valence-electron chi connectivity index (χ3n) is 3.17. The SMILES string of the molecule is CC(NCC(=O)O)C(O)c1ccc(C(C)(C)C)cc1. The minimum Gasteiger partial charge on any atom is -0.480 e. The summed E-state index contributed by atoms with van der Waals surface area (Å²) in [6.07, 6.45) is -0.714. The number of carbonyl (C=O) groups is 1. The van der Waals surface area contributed by atoms with Crippen molar-refractivity contribution in [1.82, 2.24) is 5.32 Å². The highest BCUT2D eigenvalue weighted by Gasteiger charge is 2.18. The van der Waals surface area contributed by atoms with Crippen molar-refractivity contribution in [2.24, 2.45) is 0 Å². The van der Waals surface area contributed by atoms with Gasteiger partial charge in [0.2, 0.25) is 0 Å². The molecular weight excluding hydrogens is 242 g/mol. The lowest BCUT2D eigenvalue weighted by Gasteiger charge is -2.22. The Hall–Kier alpha value is -1.39. The van der Waals surface area contributed by atoms with Crippen LogP contribution in [-0.2, 0) is 10.2 Å². The second-order valence-corrected chi connectivity index (χ2v) is 5.88. The summed E-state index contributed by atoms with van der Waals surface area (Å²) in [5.74, 6) is -0.929. The minimum atomic E-state index is -0.929. The largest absolute Gasteiger partial charge is 0.480 e. The zero-order valence-corrected chi connectivity index (χ0v) is 12.0. The molecule has 3 N–H and O–H groups in total. The van der Waals surface area contributed by atoms with E-state index in [-0.39, 0.29) is 18.0 Å². The number of carboxylic acids is 1. The normalized spacial score (nSPS) is 15.0. The van der Waals surface area contributed by atoms with Gasteiger partial charge in [0.05, 0.1) is 12.6 Å². The maximum Gasteiger partial charge on any atom is 0.317 e. The van der Waals surface area contributed by atoms with Gasteiger partial charge in [0, 0.05) is 6.04 Å². The molecular formula is C15H23NO3. The molecule has 2 atom stereocenters. The zero-order chi connectivity index (χ0) is 14.6. The Morgan fingerprint density at radius 1 is 1.26 bits per heavy atom. The molecule has 4 heteroatoms. The first-order valence-corrected chi connectivity index (χ1v) is 6.45. The Kier molecular flexibility index (Phi) is 5.09. The van der Waals surface area contributed by atoms with Gasteiger partial charge in [-0.15, -0.1) is 0 Å². The Morgan fingerprint density at radius 3 is 2.21 bits per heavy atom. The lowest BCUT2D eigenvalue weighted by Crippen LogP contribution is -2.35. The average molecular weight is 265 g/mol. The van der Waals surface area contributed by atoms with Crippen LogP contribution in [-0.4, -0.2) is 28.8 Å². The molecule has 0 heterocycles. The van der Waals surface area contributed by atoms with Crippen molar-refractivity contribution in [2.75, 3.05) is 6.54 Å². The van der Waals surface area contributed by atoms with E-state index < -0.39 is 12.1 Å². The number of rotatable bonds is 5. The Labute approximate surface area is 114 Å². The van der Waals surface area contributed by atoms with Gasteiger partial charge in [-0.1, -0.05) is 45.0 Å². The molecule has 4 nitrogen and oxygen atoms in total. The van der Waals surface area contributed by atoms with Crippen molar-refractivity contribution in [2.45, 2.75) is 45.3 Å². The molecule has 19 heavy (non-hydrogen) atoms. The van der Waals surface area contributed by atoms with Crippen molar-refractivity contribution < 1.29 is 15.0 Å². The number of aliphatic carboxylic acids is 1. The molecule has 0 aliphatic heterocycles. The number of aliphatic hydroxyl groups is 1. The molecule has 0 saturated carbocycles. The van der Waals surface area contributed by atoms with E-state index in [0.29, 0.717) is 0 Å². The first kappa shape index (κ1) is 15.7. The molecule has 106 valence electrons. The minimum absolute atomic E-state index is 0.0800. The van der Waals surface area contributed by atoms with Gasteiger partial charge in [-0.2, -0.15) is 0 Å². The lowest BCUT2D eigenvalue weighted by molar-refractivity contribution is -0.136. The van der Waals surface area contributed by atoms with Crippen LogP contribution in [0, 0.1) is 0 Å². The molecule has 0 spiro atoms. The zero-order valence-electron chi connectivity index (χ0n) is 12.0. The maximum absolute atomic E-state index is 10.5. The second-order valence-electron chi connectivity index (χ2n) is 5.88. The van der Waals surface area contributed by atoms with Crippen molar-refractivity contribution >= 4 is 5.97 Å². The van der Waals surface area contributed by atoms with Crippen LogP contribution in [0.1, 0.15) is 44.9 Å². The van der Waals surface area contributed by atoms with Crippen LogP contribution < -0.4 is 5.32 Å². The maximum atomic E-state index is 10.5. The summed E-state index contributed by atoms with van der Waals surface area (Å²) in [5, 5.41) is 21.5. The summed E-state index contributed by atoms with van der Waals surface area (Å²) in [7, 11) is 0. The molecule has 1 rings (SSSR count). The van der Waals surface area contributed by atoms with Crippen molar-refractivity contribution in [3.05, 3.63) is 35.4 Å². The van der Waals surface area contributed by atoms with Crippen LogP contribution in [0.2, 0.25) is 0 Å². The molecule has 0 radical (unpaired) electrons. The summed E-state index contributed by atoms with van der Waals surface area (Å²) in [6, 6.07) is 7.48. The van der Waals surface area contributed by atoms with E-state index in [9.17, 15) is 9.90 Å². The fraction of sp³-hybridized carbons (Fsp3) is 0.533. The van der Waals surface area contributed by atoms with Crippen LogP contribution in [0.25, 0.3) is 0 Å². The highest BCUT2D eigenvalue weighted by Crippen LogP contribution is 2.24. The van der Waals surface area contributed by atoms with Gasteiger partial charge >= 0.3 is 5.97 Å². The summed E-state index contributed by atoms with van der Waals surface area (Å²) in [6.45, 7) is 8.02. The van der Waals surface area contributed by atoms with Crippen LogP contribution in [0.15, 0.2) is 24.3 Å². The molecule has 0 aromatic heterocycles. The quantitative estimate of drug-likeness (QED) is 0.762. The molecule has 1 aromatic carbocycles. The smallest absolute Gasteiger partial charge is 0.317 e. The van der Waals surface area contributed by atoms with Crippen molar-refractivity contribution in [3.8, 4) is 0 Å². The fourth-order valence-corrected chi connectivity index (χ4v) is 1.83. The third-order valence-corrected chi connectivity index (χ3v) is 3.17. The predicted molar refractivity (Wildman–Crippen MR) is 75.2 cm³/mol. The highest BCUT2D eigenvalue weighted by atomic mass is 16.4. The molecule has 0 aliphatic carbocycles. The van der Waals surface area contributed by atoms with Gasteiger partial charge in [-0.05, 0) is 23.5 Å². The molecule has 2 unspecified atom stereocenters. The first-order valence-electron chi connectivity index (χ1n) is 6.45. The number of hydrogen-bond acceptors (Lipinski definition) is 3. The van der Waals surface area contributed by atoms with Gasteiger partial charge in [-0.25, -0.2) is 0 Å². The van der Waals surface area contributed by atoms with Gasteiger partial charge in [0.15, 0.2) is 0 Å². The van der Waals surface area contributed by atoms with E-state index in [4.69, 9.17) is 5.11 Å². The van der Waals surface area contributed by atoms with E-state index in [1.165, 1.54) is 5.56 Å². The number of nitrogens with one attached hydrogen (secondary N) is 1. The Morgan fingerprint density at radius 2 is 1.79 bits per heavy atom. The Bertz CT molecular complexity index is 420. The van der Waals surface area contributed by atoms with E-state index in [2.05, 4.69) is 26.1 Å². The van der Waals surface area contributed by atoms with Crippen LogP contribution in [0.3, 0.4) is 0 Å². The van der Waals surface area contributed by atoms with Gasteiger partial charge in [-0.3, -0.25) is 4.79 Å². The van der Waals surface area contributed by atoms with Crippen LogP contribution in [0.4, 0.5) is 0 Å². The fourth-order valence-electron chi connectivity index (χ4n) is 1.83. The van der Waals surface area contributed by atoms with E-state index in [0.717, 1.165) is 5.56 Å².